The Balaban J connectivity index is 2.54. The van der Waals surface area contributed by atoms with Crippen LogP contribution in [0, 0.1) is 0 Å². The zero-order chi connectivity index (χ0) is 4.28. The van der Waals surface area contributed by atoms with Gasteiger partial charge in [0, 0.05) is 0 Å². The van der Waals surface area contributed by atoms with Gasteiger partial charge in [0.15, 0.2) is 0 Å². The molecule has 0 radical (unpaired) electrons. The molecule has 0 nitrogen and oxygen atoms in total. The van der Waals surface area contributed by atoms with Crippen LogP contribution < -0.4 is 0 Å². The molecule has 0 aliphatic rings. The van der Waals surface area contributed by atoms with Crippen LogP contribution in [0.2, 0.25) is 6.82 Å². The van der Waals surface area contributed by atoms with Gasteiger partial charge in [-0.2, -0.15) is 0 Å². The van der Waals surface area contributed by atoms with Crippen LogP contribution in [0.25, 0.3) is 0 Å². The van der Waals surface area contributed by atoms with Crippen LogP contribution in [0.15, 0.2) is 0 Å². The van der Waals surface area contributed by atoms with E-state index in [0.29, 0.717) is 0 Å². The highest BCUT2D eigenvalue weighted by atomic mass is 35.7. The highest BCUT2D eigenvalue weighted by Crippen LogP contribution is 1.98. The summed E-state index contributed by atoms with van der Waals surface area (Å²) in [5, 5.41) is 0. The van der Waals surface area contributed by atoms with Gasteiger partial charge in [0.2, 0.25) is 6.52 Å². The van der Waals surface area contributed by atoms with E-state index in [2.05, 4.69) is 0 Å². The zero-order valence-electron chi connectivity index (χ0n) is 3.36. The average Bonchev–Trinajstić information content (AvgIpc) is 1.38. The third-order valence-corrected chi connectivity index (χ3v) is 0.802. The molecule has 0 bridgehead atoms. The van der Waals surface area contributed by atoms with Crippen LogP contribution in [0.4, 0.5) is 0 Å². The molecule has 0 saturated carbocycles. The molecule has 0 unspecified atom stereocenters. The summed E-state index contributed by atoms with van der Waals surface area (Å²) in [5.41, 5.74) is 0. The summed E-state index contributed by atoms with van der Waals surface area (Å²) >= 11 is 0. The van der Waals surface area contributed by atoms with Gasteiger partial charge in [0.25, 0.3) is 0 Å². The molecule has 4 heavy (non-hydrogen) atoms. The van der Waals surface area contributed by atoms with E-state index in [1.807, 2.05) is 0 Å². The summed E-state index contributed by atoms with van der Waals surface area (Å²) in [6, 6.07) is 0. The second-order valence-corrected chi connectivity index (χ2v) is 1.51. The minimum Gasteiger partial charge on any atom is -0.114 e. The maximum absolute atomic E-state index is 6.66. The summed E-state index contributed by atoms with van der Waals surface area (Å²) in [5.74, 6) is 0. The fourth-order valence-corrected chi connectivity index (χ4v) is 0. The molecular formula is CH4BClS. The van der Waals surface area contributed by atoms with E-state index >= 15 is 0 Å². The lowest BCUT2D eigenvalue weighted by Crippen LogP contribution is -1.53. The van der Waals surface area contributed by atoms with Crippen LogP contribution in [0.1, 0.15) is 0 Å². The van der Waals surface area contributed by atoms with Gasteiger partial charge < -0.3 is 0 Å². The number of rotatable bonds is 1. The Bertz CT molecular complexity index is 25.6. The predicted molar refractivity (Wildman–Crippen MR) is 26.5 cm³/mol. The van der Waals surface area contributed by atoms with E-state index in [4.69, 9.17) is 12.0 Å². The SMILES string of the molecule is [3H]B(C)SCl. The number of halogens is 1. The van der Waals surface area contributed by atoms with Gasteiger partial charge in [0.05, 0.1) is 0 Å². The second-order valence-electron chi connectivity index (χ2n) is 0.325. The Morgan fingerprint density at radius 1 is 2.50 bits per heavy atom. The maximum Gasteiger partial charge on any atom is 0.209 e. The molecule has 0 N–H and O–H groups in total. The molecule has 0 aliphatic heterocycles. The first-order valence-electron chi connectivity index (χ1n) is 1.54. The summed E-state index contributed by atoms with van der Waals surface area (Å²) in [6.07, 6.45) is 0. The second kappa shape index (κ2) is 3.70. The highest BCUT2D eigenvalue weighted by molar-refractivity contribution is 8.39. The molecule has 0 aromatic heterocycles. The molecule has 0 spiro atoms. The maximum atomic E-state index is 6.66. The molecule has 0 saturated heterocycles. The van der Waals surface area contributed by atoms with Gasteiger partial charge in [-0.15, -0.1) is 10.8 Å². The summed E-state index contributed by atoms with van der Waals surface area (Å²) in [6.45, 7) is 1.54. The van der Waals surface area contributed by atoms with E-state index < -0.39 is 0 Å². The van der Waals surface area contributed by atoms with Gasteiger partial charge >= 0.3 is 0 Å². The minimum atomic E-state index is -0.184. The molecule has 0 aromatic carbocycles. The summed E-state index contributed by atoms with van der Waals surface area (Å²) in [4.78, 5) is 0. The normalized spacial score (nSPS) is 10.0. The van der Waals surface area contributed by atoms with E-state index in [1.165, 1.54) is 0 Å². The van der Waals surface area contributed by atoms with Crippen molar-refractivity contribution in [1.82, 2.24) is 0 Å². The van der Waals surface area contributed by atoms with Crippen molar-refractivity contribution in [2.24, 2.45) is 0 Å². The zero-order valence-corrected chi connectivity index (χ0v) is 3.94. The first-order valence-corrected chi connectivity index (χ1v) is 2.67. The van der Waals surface area contributed by atoms with Crippen LogP contribution in [0.3, 0.4) is 0 Å². The van der Waals surface area contributed by atoms with Crippen molar-refractivity contribution in [2.75, 3.05) is 0 Å². The van der Waals surface area contributed by atoms with Crippen molar-refractivity contribution in [1.29, 1.82) is 1.34 Å². The Morgan fingerprint density at radius 3 is 2.75 bits per heavy atom. The molecule has 0 heterocycles. The third kappa shape index (κ3) is 2.70. The lowest BCUT2D eigenvalue weighted by atomic mass is 10.2. The first kappa shape index (κ1) is 2.92. The smallest absolute Gasteiger partial charge is 0.114 e. The molecular weight excluding hydrogens is 90.3 g/mol. The molecule has 0 rings (SSSR count). The van der Waals surface area contributed by atoms with Crippen LogP contribution in [-0.4, -0.2) is 7.86 Å². The highest BCUT2D eigenvalue weighted by Gasteiger charge is 1.65. The van der Waals surface area contributed by atoms with Gasteiger partial charge in [-0.3, -0.25) is 0 Å². The standard InChI is InChI=1S/CH4BClS/c1-2-4-3/h2H,1H3/i2T. The molecule has 0 aliphatic carbocycles. The molecule has 3 heteroatoms. The van der Waals surface area contributed by atoms with Crippen LogP contribution >= 0.6 is 21.5 Å². The quantitative estimate of drug-likeness (QED) is 0.443. The van der Waals surface area contributed by atoms with Crippen LogP contribution in [0.5, 0.6) is 0 Å². The Hall–Kier alpha value is 0.705. The van der Waals surface area contributed by atoms with Crippen molar-refractivity contribution >= 4 is 28.0 Å². The van der Waals surface area contributed by atoms with Gasteiger partial charge in [-0.1, -0.05) is 17.5 Å². The van der Waals surface area contributed by atoms with E-state index in [1.54, 1.807) is 6.82 Å². The predicted octanol–water partition coefficient (Wildman–Crippen LogP) is 1.27. The molecule has 0 amide bonds. The molecule has 0 atom stereocenters. The topological polar surface area (TPSA) is 0 Å². The number of hydrogen-bond acceptors (Lipinski definition) is 1. The van der Waals surface area contributed by atoms with E-state index in [9.17, 15) is 0 Å². The molecule has 24 valence electrons. The Labute approximate surface area is 36.9 Å². The first-order chi connectivity index (χ1) is 2.27. The van der Waals surface area contributed by atoms with Crippen molar-refractivity contribution in [3.8, 4) is 0 Å². The fraction of sp³-hybridized carbons (Fsp3) is 1.00. The van der Waals surface area contributed by atoms with Crippen LogP contribution in [-0.2, 0) is 0 Å². The van der Waals surface area contributed by atoms with E-state index in [0.717, 1.165) is 10.8 Å². The van der Waals surface area contributed by atoms with Crippen molar-refractivity contribution in [2.45, 2.75) is 6.82 Å². The lowest BCUT2D eigenvalue weighted by Gasteiger charge is -1.61. The largest absolute Gasteiger partial charge is 0.209 e. The van der Waals surface area contributed by atoms with Crippen molar-refractivity contribution in [3.63, 3.8) is 0 Å². The average molecular weight is 96.4 g/mol. The van der Waals surface area contributed by atoms with Crippen molar-refractivity contribution < 1.29 is 0 Å². The van der Waals surface area contributed by atoms with Gasteiger partial charge in [-0.05, 0) is 1.34 Å². The fourth-order valence-electron chi connectivity index (χ4n) is 0. The summed E-state index contributed by atoms with van der Waals surface area (Å²) < 4.78 is 6.66. The molecule has 0 fully saturated rings. The Kier molecular flexibility index (Phi) is 2.70. The lowest BCUT2D eigenvalue weighted by molar-refractivity contribution is 2.38. The van der Waals surface area contributed by atoms with Crippen molar-refractivity contribution in [3.05, 3.63) is 0 Å². The van der Waals surface area contributed by atoms with Gasteiger partial charge in [0.1, 0.15) is 0 Å². The minimum absolute atomic E-state index is 0.184. The van der Waals surface area contributed by atoms with Gasteiger partial charge in [-0.25, -0.2) is 0 Å². The monoisotopic (exact) mass is 96.0 g/mol. The summed E-state index contributed by atoms with van der Waals surface area (Å²) in [7, 11) is 6.08. The Morgan fingerprint density at radius 2 is 2.75 bits per heavy atom. The third-order valence-electron chi connectivity index (χ3n) is 0.0891. The number of hydrogen-bond donors (Lipinski definition) is 0. The molecule has 0 aromatic rings. The van der Waals surface area contributed by atoms with E-state index in [-0.39, 0.29) is 6.52 Å².